The maximum absolute atomic E-state index is 11.2. The number of methoxy groups -OCH3 is 1. The van der Waals surface area contributed by atoms with Gasteiger partial charge in [0.25, 0.3) is 5.91 Å². The summed E-state index contributed by atoms with van der Waals surface area (Å²) in [5, 5.41) is 3.75. The Morgan fingerprint density at radius 1 is 1.30 bits per heavy atom. The number of halogens is 1. The van der Waals surface area contributed by atoms with Gasteiger partial charge in [-0.2, -0.15) is 0 Å². The normalized spacial score (nSPS) is 14.8. The predicted molar refractivity (Wildman–Crippen MR) is 106 cm³/mol. The Bertz CT molecular complexity index is 795. The van der Waals surface area contributed by atoms with Crippen LogP contribution in [0.15, 0.2) is 30.5 Å². The molecule has 1 aliphatic rings. The summed E-state index contributed by atoms with van der Waals surface area (Å²) >= 11 is 6.10. The number of nitrogens with two attached hydrogens (primary N) is 1. The zero-order valence-corrected chi connectivity index (χ0v) is 15.9. The van der Waals surface area contributed by atoms with Crippen LogP contribution in [0.1, 0.15) is 10.5 Å². The van der Waals surface area contributed by atoms with Crippen molar-refractivity contribution in [1.82, 2.24) is 14.9 Å². The van der Waals surface area contributed by atoms with E-state index in [-0.39, 0.29) is 5.69 Å². The van der Waals surface area contributed by atoms with Gasteiger partial charge < -0.3 is 20.7 Å². The third-order valence-corrected chi connectivity index (χ3v) is 4.80. The van der Waals surface area contributed by atoms with Gasteiger partial charge in [0.05, 0.1) is 12.1 Å². The molecule has 8 nitrogen and oxygen atoms in total. The molecule has 0 radical (unpaired) electrons. The first-order chi connectivity index (χ1) is 13.1. The van der Waals surface area contributed by atoms with Crippen LogP contribution in [0, 0.1) is 0 Å². The number of primary amides is 1. The van der Waals surface area contributed by atoms with Gasteiger partial charge in [-0.15, -0.1) is 0 Å². The molecule has 0 saturated carbocycles. The molecular weight excluding hydrogens is 368 g/mol. The number of rotatable bonds is 7. The van der Waals surface area contributed by atoms with Gasteiger partial charge in [0.15, 0.2) is 0 Å². The molecule has 0 atom stereocenters. The fraction of sp³-hybridized carbons (Fsp3) is 0.389. The van der Waals surface area contributed by atoms with Gasteiger partial charge >= 0.3 is 0 Å². The van der Waals surface area contributed by atoms with Crippen molar-refractivity contribution in [3.05, 3.63) is 41.2 Å². The lowest BCUT2D eigenvalue weighted by atomic mass is 10.2. The molecule has 1 aliphatic heterocycles. The zero-order valence-electron chi connectivity index (χ0n) is 15.2. The Morgan fingerprint density at radius 2 is 2.07 bits per heavy atom. The summed E-state index contributed by atoms with van der Waals surface area (Å²) in [6.45, 7) is 5.32. The predicted octanol–water partition coefficient (Wildman–Crippen LogP) is 1.47. The lowest BCUT2D eigenvalue weighted by Gasteiger charge is -2.36. The quantitative estimate of drug-likeness (QED) is 0.738. The van der Waals surface area contributed by atoms with Crippen LogP contribution >= 0.6 is 11.6 Å². The van der Waals surface area contributed by atoms with Crippen LogP contribution in [0.3, 0.4) is 0 Å². The van der Waals surface area contributed by atoms with E-state index in [0.717, 1.165) is 38.4 Å². The number of nitrogens with one attached hydrogen (secondary N) is 1. The number of ether oxygens (including phenoxy) is 1. The van der Waals surface area contributed by atoms with Crippen molar-refractivity contribution in [2.24, 2.45) is 5.73 Å². The summed E-state index contributed by atoms with van der Waals surface area (Å²) in [5.41, 5.74) is 6.55. The summed E-state index contributed by atoms with van der Waals surface area (Å²) in [4.78, 5) is 24.0. The fourth-order valence-electron chi connectivity index (χ4n) is 2.98. The lowest BCUT2D eigenvalue weighted by molar-refractivity contribution is 0.0995. The molecule has 1 fully saturated rings. The van der Waals surface area contributed by atoms with Crippen LogP contribution in [0.5, 0.6) is 5.75 Å². The van der Waals surface area contributed by atoms with E-state index < -0.39 is 5.91 Å². The first kappa shape index (κ1) is 19.2. The van der Waals surface area contributed by atoms with Crippen LogP contribution in [-0.2, 0) is 0 Å². The molecule has 1 aromatic heterocycles. The number of nitrogens with zero attached hydrogens (tertiary/aromatic N) is 4. The number of benzene rings is 1. The van der Waals surface area contributed by atoms with E-state index in [4.69, 9.17) is 22.1 Å². The first-order valence-corrected chi connectivity index (χ1v) is 9.12. The standard InChI is InChI=1S/C18H23ClN6O2/c1-27-16-12-13(2-3-14(16)19)25-10-8-24(9-11-25)7-6-22-18-21-5-4-15(23-18)17(20)26/h2-5,12H,6-11H2,1H3,(H2,20,26)(H,21,22,23). The molecule has 2 aromatic rings. The minimum atomic E-state index is -0.560. The lowest BCUT2D eigenvalue weighted by Crippen LogP contribution is -2.47. The number of aromatic nitrogens is 2. The molecule has 9 heteroatoms. The van der Waals surface area contributed by atoms with E-state index in [1.807, 2.05) is 18.2 Å². The van der Waals surface area contributed by atoms with Crippen molar-refractivity contribution in [2.75, 3.05) is 56.6 Å². The van der Waals surface area contributed by atoms with E-state index in [9.17, 15) is 4.79 Å². The van der Waals surface area contributed by atoms with Crippen molar-refractivity contribution < 1.29 is 9.53 Å². The summed E-state index contributed by atoms with van der Waals surface area (Å²) in [6.07, 6.45) is 1.52. The zero-order chi connectivity index (χ0) is 19.2. The van der Waals surface area contributed by atoms with Crippen molar-refractivity contribution in [3.8, 4) is 5.75 Å². The average molecular weight is 391 g/mol. The highest BCUT2D eigenvalue weighted by Crippen LogP contribution is 2.29. The molecule has 1 saturated heterocycles. The highest BCUT2D eigenvalue weighted by atomic mass is 35.5. The van der Waals surface area contributed by atoms with E-state index in [2.05, 4.69) is 25.1 Å². The highest BCUT2D eigenvalue weighted by molar-refractivity contribution is 6.32. The Morgan fingerprint density at radius 3 is 2.78 bits per heavy atom. The maximum atomic E-state index is 11.2. The second-order valence-corrected chi connectivity index (χ2v) is 6.61. The summed E-state index contributed by atoms with van der Waals surface area (Å²) in [6, 6.07) is 7.36. The minimum Gasteiger partial charge on any atom is -0.495 e. The van der Waals surface area contributed by atoms with Crippen molar-refractivity contribution >= 4 is 29.1 Å². The number of hydrogen-bond donors (Lipinski definition) is 2. The van der Waals surface area contributed by atoms with Crippen LogP contribution < -0.4 is 20.7 Å². The molecule has 0 bridgehead atoms. The average Bonchev–Trinajstić information content (AvgIpc) is 2.69. The van der Waals surface area contributed by atoms with Gasteiger partial charge in [0.2, 0.25) is 5.95 Å². The van der Waals surface area contributed by atoms with Gasteiger partial charge in [-0.3, -0.25) is 9.69 Å². The van der Waals surface area contributed by atoms with Gasteiger partial charge in [-0.25, -0.2) is 9.97 Å². The monoisotopic (exact) mass is 390 g/mol. The molecule has 3 N–H and O–H groups in total. The van der Waals surface area contributed by atoms with Gasteiger partial charge in [-0.1, -0.05) is 11.6 Å². The van der Waals surface area contributed by atoms with Crippen molar-refractivity contribution in [3.63, 3.8) is 0 Å². The third-order valence-electron chi connectivity index (χ3n) is 4.49. The van der Waals surface area contributed by atoms with E-state index >= 15 is 0 Å². The van der Waals surface area contributed by atoms with Crippen LogP contribution in [-0.4, -0.2) is 67.2 Å². The molecule has 0 spiro atoms. The third kappa shape index (κ3) is 4.99. The fourth-order valence-corrected chi connectivity index (χ4v) is 3.18. The largest absolute Gasteiger partial charge is 0.495 e. The van der Waals surface area contributed by atoms with Crippen LogP contribution in [0.4, 0.5) is 11.6 Å². The Labute approximate surface area is 163 Å². The molecule has 3 rings (SSSR count). The molecule has 1 aromatic carbocycles. The molecule has 144 valence electrons. The molecule has 0 unspecified atom stereocenters. The number of anilines is 2. The molecule has 0 aliphatic carbocycles. The number of hydrogen-bond acceptors (Lipinski definition) is 7. The number of carbonyl (C=O) groups is 1. The Hall–Kier alpha value is -2.58. The van der Waals surface area contributed by atoms with Crippen molar-refractivity contribution in [1.29, 1.82) is 0 Å². The Balaban J connectivity index is 1.46. The first-order valence-electron chi connectivity index (χ1n) is 8.74. The SMILES string of the molecule is COc1cc(N2CCN(CCNc3nccc(C(N)=O)n3)CC2)ccc1Cl. The molecule has 1 amide bonds. The van der Waals surface area contributed by atoms with E-state index in [1.165, 1.54) is 12.3 Å². The highest BCUT2D eigenvalue weighted by Gasteiger charge is 2.18. The smallest absolute Gasteiger partial charge is 0.267 e. The van der Waals surface area contributed by atoms with Gasteiger partial charge in [0, 0.05) is 57.2 Å². The Kier molecular flexibility index (Phi) is 6.31. The number of piperazine rings is 1. The molecule has 27 heavy (non-hydrogen) atoms. The van der Waals surface area contributed by atoms with E-state index in [0.29, 0.717) is 23.3 Å². The summed E-state index contributed by atoms with van der Waals surface area (Å²) in [7, 11) is 1.62. The van der Waals surface area contributed by atoms with Crippen LogP contribution in [0.25, 0.3) is 0 Å². The number of amides is 1. The van der Waals surface area contributed by atoms with Crippen molar-refractivity contribution in [2.45, 2.75) is 0 Å². The molecular formula is C18H23ClN6O2. The molecule has 2 heterocycles. The number of carbonyl (C=O) groups excluding carboxylic acids is 1. The topological polar surface area (TPSA) is 96.6 Å². The van der Waals surface area contributed by atoms with Crippen LogP contribution in [0.2, 0.25) is 5.02 Å². The second kappa shape index (κ2) is 8.88. The maximum Gasteiger partial charge on any atom is 0.267 e. The van der Waals surface area contributed by atoms with Gasteiger partial charge in [0.1, 0.15) is 11.4 Å². The summed E-state index contributed by atoms with van der Waals surface area (Å²) < 4.78 is 5.30. The second-order valence-electron chi connectivity index (χ2n) is 6.20. The van der Waals surface area contributed by atoms with Gasteiger partial charge in [-0.05, 0) is 18.2 Å². The minimum absolute atomic E-state index is 0.208. The summed E-state index contributed by atoms with van der Waals surface area (Å²) in [5.74, 6) is 0.549. The van der Waals surface area contributed by atoms with E-state index in [1.54, 1.807) is 7.11 Å².